The first kappa shape index (κ1) is 23.8. The van der Waals surface area contributed by atoms with E-state index in [4.69, 9.17) is 5.73 Å². The van der Waals surface area contributed by atoms with Crippen LogP contribution in [0.3, 0.4) is 0 Å². The molecule has 3 rings (SSSR count). The molecule has 2 N–H and O–H groups in total. The Balaban J connectivity index is 2.19. The predicted octanol–water partition coefficient (Wildman–Crippen LogP) is 3.80. The molecule has 0 unspecified atom stereocenters. The SMILES string of the molecule is CC(C)n1c(-c2ccc(N(S(C)(=O)=O)S(C)(=O)=O)cc2)c(N)c2ccc(OC(F)F)cc21. The quantitative estimate of drug-likeness (QED) is 0.543. The standard InChI is InChI=1S/C20H23F2N3O5S2/c1-12(2)24-17-11-15(30-20(21)22)9-10-16(17)18(23)19(24)13-5-7-14(8-6-13)25(31(3,26)27)32(4,28)29/h5-12,20H,23H2,1-4H3. The van der Waals surface area contributed by atoms with Crippen molar-refractivity contribution in [2.75, 3.05) is 22.0 Å². The Kier molecular flexibility index (Phi) is 6.13. The molecule has 0 atom stereocenters. The van der Waals surface area contributed by atoms with Crippen LogP contribution in [0, 0.1) is 0 Å². The average Bonchev–Trinajstić information content (AvgIpc) is 2.92. The van der Waals surface area contributed by atoms with Gasteiger partial charge in [0.1, 0.15) is 5.75 Å². The minimum atomic E-state index is -4.08. The number of nitrogens with zero attached hydrogens (tertiary/aromatic N) is 2. The maximum absolute atomic E-state index is 12.7. The zero-order valence-corrected chi connectivity index (χ0v) is 19.4. The lowest BCUT2D eigenvalue weighted by Crippen LogP contribution is -2.35. The molecule has 0 amide bonds. The van der Waals surface area contributed by atoms with Crippen LogP contribution in [0.2, 0.25) is 0 Å². The Labute approximate surface area is 185 Å². The first-order valence-corrected chi connectivity index (χ1v) is 13.1. The third kappa shape index (κ3) is 4.51. The monoisotopic (exact) mass is 487 g/mol. The second-order valence-corrected chi connectivity index (χ2v) is 11.4. The number of halogens is 2. The average molecular weight is 488 g/mol. The minimum Gasteiger partial charge on any atom is -0.435 e. The summed E-state index contributed by atoms with van der Waals surface area (Å²) in [6.45, 7) is 0.825. The van der Waals surface area contributed by atoms with Crippen LogP contribution in [0.1, 0.15) is 19.9 Å². The molecule has 0 saturated heterocycles. The largest absolute Gasteiger partial charge is 0.435 e. The summed E-state index contributed by atoms with van der Waals surface area (Å²) in [5, 5.41) is 0.633. The highest BCUT2D eigenvalue weighted by Crippen LogP contribution is 2.40. The van der Waals surface area contributed by atoms with Gasteiger partial charge in [-0.15, -0.1) is 0 Å². The van der Waals surface area contributed by atoms with Gasteiger partial charge in [-0.2, -0.15) is 12.5 Å². The van der Waals surface area contributed by atoms with Gasteiger partial charge in [0, 0.05) is 23.1 Å². The van der Waals surface area contributed by atoms with Crippen LogP contribution in [0.25, 0.3) is 22.2 Å². The van der Waals surface area contributed by atoms with Crippen molar-refractivity contribution in [2.45, 2.75) is 26.5 Å². The van der Waals surface area contributed by atoms with Crippen LogP contribution in [-0.4, -0.2) is 40.5 Å². The summed E-state index contributed by atoms with van der Waals surface area (Å²) in [5.74, 6) is -0.00857. The zero-order valence-electron chi connectivity index (χ0n) is 17.8. The fourth-order valence-corrected chi connectivity index (χ4v) is 6.67. The number of nitrogen functional groups attached to an aromatic ring is 1. The zero-order chi connectivity index (χ0) is 24.0. The highest BCUT2D eigenvalue weighted by molar-refractivity contribution is 8.09. The number of nitrogens with two attached hydrogens (primary N) is 1. The molecular weight excluding hydrogens is 464 g/mol. The van der Waals surface area contributed by atoms with Gasteiger partial charge in [-0.3, -0.25) is 0 Å². The highest BCUT2D eigenvalue weighted by Gasteiger charge is 2.27. The number of benzene rings is 2. The van der Waals surface area contributed by atoms with E-state index in [1.54, 1.807) is 18.2 Å². The van der Waals surface area contributed by atoms with E-state index in [2.05, 4.69) is 4.74 Å². The number of alkyl halides is 2. The number of fused-ring (bicyclic) bond motifs is 1. The first-order valence-electron chi connectivity index (χ1n) is 9.41. The van der Waals surface area contributed by atoms with Gasteiger partial charge < -0.3 is 15.0 Å². The number of anilines is 2. The summed E-state index contributed by atoms with van der Waals surface area (Å²) in [5.41, 5.74) is 8.50. The van der Waals surface area contributed by atoms with Crippen molar-refractivity contribution in [2.24, 2.45) is 0 Å². The number of ether oxygens (including phenoxy) is 1. The van der Waals surface area contributed by atoms with Crippen LogP contribution in [0.15, 0.2) is 42.5 Å². The van der Waals surface area contributed by atoms with E-state index >= 15 is 0 Å². The molecule has 0 spiro atoms. The van der Waals surface area contributed by atoms with Gasteiger partial charge in [0.15, 0.2) is 0 Å². The van der Waals surface area contributed by atoms with Gasteiger partial charge in [-0.25, -0.2) is 16.8 Å². The second kappa shape index (κ2) is 8.24. The Morgan fingerprint density at radius 2 is 1.53 bits per heavy atom. The van der Waals surface area contributed by atoms with Gasteiger partial charge in [0.25, 0.3) is 0 Å². The van der Waals surface area contributed by atoms with E-state index < -0.39 is 26.7 Å². The summed E-state index contributed by atoms with van der Waals surface area (Å²) in [4.78, 5) is 0. The van der Waals surface area contributed by atoms with Crippen LogP contribution in [0.5, 0.6) is 5.75 Å². The Bertz CT molecular complexity index is 1330. The van der Waals surface area contributed by atoms with Crippen molar-refractivity contribution >= 4 is 42.3 Å². The molecule has 12 heteroatoms. The maximum atomic E-state index is 12.7. The molecular formula is C20H23F2N3O5S2. The van der Waals surface area contributed by atoms with Gasteiger partial charge >= 0.3 is 6.61 Å². The molecule has 1 heterocycles. The van der Waals surface area contributed by atoms with E-state index in [9.17, 15) is 25.6 Å². The van der Waals surface area contributed by atoms with E-state index in [-0.39, 0.29) is 17.5 Å². The molecule has 0 fully saturated rings. The Morgan fingerprint density at radius 3 is 2.00 bits per heavy atom. The van der Waals surface area contributed by atoms with Crippen molar-refractivity contribution in [3.63, 3.8) is 0 Å². The van der Waals surface area contributed by atoms with Gasteiger partial charge in [0.05, 0.1) is 35.1 Å². The van der Waals surface area contributed by atoms with E-state index in [1.807, 2.05) is 18.4 Å². The first-order chi connectivity index (χ1) is 14.7. The topological polar surface area (TPSA) is 112 Å². The van der Waals surface area contributed by atoms with E-state index in [0.29, 0.717) is 31.6 Å². The summed E-state index contributed by atoms with van der Waals surface area (Å²) < 4.78 is 80.1. The molecule has 8 nitrogen and oxygen atoms in total. The number of aromatic nitrogens is 1. The summed E-state index contributed by atoms with van der Waals surface area (Å²) in [6, 6.07) is 10.2. The molecule has 1 aromatic heterocycles. The maximum Gasteiger partial charge on any atom is 0.387 e. The lowest BCUT2D eigenvalue weighted by molar-refractivity contribution is -0.0497. The number of sulfonamides is 2. The smallest absolute Gasteiger partial charge is 0.387 e. The second-order valence-electron chi connectivity index (χ2n) is 7.55. The lowest BCUT2D eigenvalue weighted by Gasteiger charge is -2.20. The van der Waals surface area contributed by atoms with E-state index in [1.165, 1.54) is 24.3 Å². The van der Waals surface area contributed by atoms with Crippen molar-refractivity contribution in [1.82, 2.24) is 4.57 Å². The third-order valence-electron chi connectivity index (χ3n) is 4.71. The molecule has 0 saturated carbocycles. The number of hydrogen-bond donors (Lipinski definition) is 1. The molecule has 174 valence electrons. The van der Waals surface area contributed by atoms with Crippen LogP contribution in [-0.2, 0) is 20.0 Å². The predicted molar refractivity (Wildman–Crippen MR) is 121 cm³/mol. The lowest BCUT2D eigenvalue weighted by atomic mass is 10.1. The summed E-state index contributed by atoms with van der Waals surface area (Å²) >= 11 is 0. The molecule has 0 aliphatic heterocycles. The van der Waals surface area contributed by atoms with Gasteiger partial charge in [-0.05, 0) is 38.1 Å². The van der Waals surface area contributed by atoms with Gasteiger partial charge in [0.2, 0.25) is 20.0 Å². The molecule has 0 aliphatic carbocycles. The Hall–Kier alpha value is -2.86. The van der Waals surface area contributed by atoms with E-state index in [0.717, 1.165) is 12.5 Å². The molecule has 0 aliphatic rings. The van der Waals surface area contributed by atoms with Crippen LogP contribution in [0.4, 0.5) is 20.2 Å². The van der Waals surface area contributed by atoms with Crippen LogP contribution >= 0.6 is 0 Å². The van der Waals surface area contributed by atoms with Crippen LogP contribution < -0.4 is 14.2 Å². The van der Waals surface area contributed by atoms with Gasteiger partial charge in [-0.1, -0.05) is 12.1 Å². The number of rotatable bonds is 7. The molecule has 0 bridgehead atoms. The van der Waals surface area contributed by atoms with Crippen molar-refractivity contribution in [3.8, 4) is 17.0 Å². The fourth-order valence-electron chi connectivity index (χ4n) is 3.69. The highest BCUT2D eigenvalue weighted by atomic mass is 32.3. The minimum absolute atomic E-state index is 0.00857. The summed E-state index contributed by atoms with van der Waals surface area (Å²) in [7, 11) is -8.16. The summed E-state index contributed by atoms with van der Waals surface area (Å²) in [6.07, 6.45) is 1.60. The normalized spacial score (nSPS) is 12.6. The van der Waals surface area contributed by atoms with Crippen molar-refractivity contribution in [3.05, 3.63) is 42.5 Å². The Morgan fingerprint density at radius 1 is 0.969 bits per heavy atom. The third-order valence-corrected chi connectivity index (χ3v) is 7.96. The molecule has 3 aromatic rings. The molecule has 2 aromatic carbocycles. The number of hydrogen-bond acceptors (Lipinski definition) is 6. The molecule has 32 heavy (non-hydrogen) atoms. The molecule has 0 radical (unpaired) electrons. The van der Waals surface area contributed by atoms with Crippen molar-refractivity contribution < 1.29 is 30.4 Å². The van der Waals surface area contributed by atoms with Crippen molar-refractivity contribution in [1.29, 1.82) is 0 Å². The fraction of sp³-hybridized carbons (Fsp3) is 0.300.